The third-order valence-electron chi connectivity index (χ3n) is 5.48. The third kappa shape index (κ3) is 5.14. The van der Waals surface area contributed by atoms with Crippen molar-refractivity contribution < 1.29 is 28.2 Å². The molecule has 2 amide bonds. The van der Waals surface area contributed by atoms with Crippen LogP contribution in [0.15, 0.2) is 42.5 Å². The number of carbonyl (C=O) groups is 2. The van der Waals surface area contributed by atoms with Crippen LogP contribution in [-0.4, -0.2) is 64.3 Å². The van der Waals surface area contributed by atoms with E-state index >= 15 is 0 Å². The number of amides is 2. The Hall–Kier alpha value is -3.13. The number of nitrogens with zero attached hydrogens (tertiary/aromatic N) is 1. The Morgan fingerprint density at radius 1 is 1.06 bits per heavy atom. The topological polar surface area (TPSA) is 77.1 Å². The molecule has 7 nitrogen and oxygen atoms in total. The maximum Gasteiger partial charge on any atom is 0.253 e. The van der Waals surface area contributed by atoms with E-state index in [4.69, 9.17) is 14.2 Å². The van der Waals surface area contributed by atoms with Gasteiger partial charge in [-0.15, -0.1) is 0 Å². The summed E-state index contributed by atoms with van der Waals surface area (Å²) < 4.78 is 29.1. The lowest BCUT2D eigenvalue weighted by molar-refractivity contribution is -0.125. The molecular weight excluding hydrogens is 403 g/mol. The van der Waals surface area contributed by atoms with Crippen LogP contribution in [0.3, 0.4) is 0 Å². The van der Waals surface area contributed by atoms with Gasteiger partial charge < -0.3 is 24.4 Å². The molecule has 0 saturated carbocycles. The summed E-state index contributed by atoms with van der Waals surface area (Å²) in [5, 5.41) is 2.88. The molecule has 8 heteroatoms. The molecule has 31 heavy (non-hydrogen) atoms. The highest BCUT2D eigenvalue weighted by molar-refractivity contribution is 5.95. The SMILES string of the molecule is COCCNC(=O)C1CN(C(=O)c2ccc(F)cc2)CC1c1ccc(OC)cc1OC. The minimum atomic E-state index is -0.469. The fraction of sp³-hybridized carbons (Fsp3) is 0.391. The molecule has 1 fully saturated rings. The van der Waals surface area contributed by atoms with E-state index in [1.54, 1.807) is 32.3 Å². The van der Waals surface area contributed by atoms with Crippen LogP contribution >= 0.6 is 0 Å². The highest BCUT2D eigenvalue weighted by Crippen LogP contribution is 2.39. The lowest BCUT2D eigenvalue weighted by Gasteiger charge is -2.21. The van der Waals surface area contributed by atoms with Crippen molar-refractivity contribution in [1.29, 1.82) is 0 Å². The van der Waals surface area contributed by atoms with E-state index in [-0.39, 0.29) is 24.3 Å². The van der Waals surface area contributed by atoms with Gasteiger partial charge in [0.2, 0.25) is 5.91 Å². The normalized spacial score (nSPS) is 18.0. The summed E-state index contributed by atoms with van der Waals surface area (Å²) in [7, 11) is 4.69. The second kappa shape index (κ2) is 10.3. The molecule has 1 saturated heterocycles. The largest absolute Gasteiger partial charge is 0.497 e. The summed E-state index contributed by atoms with van der Waals surface area (Å²) in [6.07, 6.45) is 0. The monoisotopic (exact) mass is 430 g/mol. The summed E-state index contributed by atoms with van der Waals surface area (Å²) in [5.74, 6) is -0.321. The first kappa shape index (κ1) is 22.6. The van der Waals surface area contributed by atoms with Crippen LogP contribution in [0.2, 0.25) is 0 Å². The number of halogens is 1. The van der Waals surface area contributed by atoms with Crippen LogP contribution in [0.4, 0.5) is 4.39 Å². The molecule has 3 rings (SSSR count). The Morgan fingerprint density at radius 2 is 1.81 bits per heavy atom. The summed E-state index contributed by atoms with van der Waals surface area (Å²) >= 11 is 0. The summed E-state index contributed by atoms with van der Waals surface area (Å²) in [6, 6.07) is 10.8. The summed E-state index contributed by atoms with van der Waals surface area (Å²) in [5.41, 5.74) is 1.20. The van der Waals surface area contributed by atoms with Crippen molar-refractivity contribution in [3.63, 3.8) is 0 Å². The van der Waals surface area contributed by atoms with E-state index in [0.717, 1.165) is 5.56 Å². The zero-order valence-electron chi connectivity index (χ0n) is 17.9. The average molecular weight is 430 g/mol. The molecule has 1 aliphatic heterocycles. The standard InChI is InChI=1S/C23H27FN2O5/c1-29-11-10-25-22(27)20-14-26(23(28)15-4-6-16(24)7-5-15)13-19(20)18-9-8-17(30-2)12-21(18)31-3/h4-9,12,19-20H,10-11,13-14H2,1-3H3,(H,25,27). The van der Waals surface area contributed by atoms with E-state index < -0.39 is 11.7 Å². The van der Waals surface area contributed by atoms with E-state index in [1.165, 1.54) is 24.3 Å². The third-order valence-corrected chi connectivity index (χ3v) is 5.48. The number of ether oxygens (including phenoxy) is 3. The summed E-state index contributed by atoms with van der Waals surface area (Å²) in [6.45, 7) is 1.35. The van der Waals surface area contributed by atoms with Gasteiger partial charge >= 0.3 is 0 Å². The van der Waals surface area contributed by atoms with Crippen molar-refractivity contribution in [2.75, 3.05) is 47.6 Å². The molecular formula is C23H27FN2O5. The molecule has 2 atom stereocenters. The second-order valence-electron chi connectivity index (χ2n) is 7.32. The Kier molecular flexibility index (Phi) is 7.46. The van der Waals surface area contributed by atoms with Gasteiger partial charge in [0.15, 0.2) is 0 Å². The molecule has 1 heterocycles. The second-order valence-corrected chi connectivity index (χ2v) is 7.32. The summed E-state index contributed by atoms with van der Waals surface area (Å²) in [4.78, 5) is 27.6. The van der Waals surface area contributed by atoms with Crippen molar-refractivity contribution in [1.82, 2.24) is 10.2 Å². The van der Waals surface area contributed by atoms with Crippen molar-refractivity contribution in [3.05, 3.63) is 59.4 Å². The molecule has 0 spiro atoms. The Bertz CT molecular complexity index is 919. The molecule has 1 N–H and O–H groups in total. The van der Waals surface area contributed by atoms with Gasteiger partial charge in [-0.25, -0.2) is 4.39 Å². The Balaban J connectivity index is 1.89. The van der Waals surface area contributed by atoms with Gasteiger partial charge in [0.1, 0.15) is 17.3 Å². The lowest BCUT2D eigenvalue weighted by atomic mass is 9.87. The number of nitrogens with one attached hydrogen (secondary N) is 1. The van der Waals surface area contributed by atoms with Crippen molar-refractivity contribution in [2.45, 2.75) is 5.92 Å². The Morgan fingerprint density at radius 3 is 2.45 bits per heavy atom. The van der Waals surface area contributed by atoms with Gasteiger partial charge in [0, 0.05) is 49.9 Å². The van der Waals surface area contributed by atoms with Crippen molar-refractivity contribution in [3.8, 4) is 11.5 Å². The fourth-order valence-corrected chi connectivity index (χ4v) is 3.86. The van der Waals surface area contributed by atoms with E-state index in [2.05, 4.69) is 5.32 Å². The van der Waals surface area contributed by atoms with Gasteiger partial charge in [-0.2, -0.15) is 0 Å². The van der Waals surface area contributed by atoms with Crippen LogP contribution < -0.4 is 14.8 Å². The first-order valence-corrected chi connectivity index (χ1v) is 10.0. The quantitative estimate of drug-likeness (QED) is 0.651. The molecule has 0 radical (unpaired) electrons. The molecule has 2 aromatic rings. The number of methoxy groups -OCH3 is 3. The molecule has 1 aliphatic rings. The van der Waals surface area contributed by atoms with Gasteiger partial charge in [0.05, 0.1) is 26.7 Å². The minimum absolute atomic E-state index is 0.158. The molecule has 166 valence electrons. The molecule has 0 aliphatic carbocycles. The highest BCUT2D eigenvalue weighted by Gasteiger charge is 2.41. The first-order chi connectivity index (χ1) is 15.0. The van der Waals surface area contributed by atoms with E-state index in [0.29, 0.717) is 36.8 Å². The molecule has 2 unspecified atom stereocenters. The molecule has 0 aromatic heterocycles. The van der Waals surface area contributed by atoms with E-state index in [9.17, 15) is 14.0 Å². The minimum Gasteiger partial charge on any atom is -0.497 e. The average Bonchev–Trinajstić information content (AvgIpc) is 3.24. The zero-order valence-corrected chi connectivity index (χ0v) is 17.9. The number of benzene rings is 2. The van der Waals surface area contributed by atoms with Crippen LogP contribution in [0.1, 0.15) is 21.8 Å². The van der Waals surface area contributed by atoms with Gasteiger partial charge in [0.25, 0.3) is 5.91 Å². The fourth-order valence-electron chi connectivity index (χ4n) is 3.86. The van der Waals surface area contributed by atoms with E-state index in [1.807, 2.05) is 12.1 Å². The first-order valence-electron chi connectivity index (χ1n) is 10.0. The molecule has 0 bridgehead atoms. The molecule has 2 aromatic carbocycles. The number of carbonyl (C=O) groups excluding carboxylic acids is 2. The van der Waals surface area contributed by atoms with Crippen LogP contribution in [-0.2, 0) is 9.53 Å². The van der Waals surface area contributed by atoms with Crippen molar-refractivity contribution >= 4 is 11.8 Å². The van der Waals surface area contributed by atoms with Crippen LogP contribution in [0, 0.1) is 11.7 Å². The van der Waals surface area contributed by atoms with Gasteiger partial charge in [-0.1, -0.05) is 6.07 Å². The maximum atomic E-state index is 13.3. The lowest BCUT2D eigenvalue weighted by Crippen LogP contribution is -2.37. The highest BCUT2D eigenvalue weighted by atomic mass is 19.1. The number of hydrogen-bond donors (Lipinski definition) is 1. The predicted molar refractivity (Wildman–Crippen MR) is 113 cm³/mol. The van der Waals surface area contributed by atoms with Crippen LogP contribution in [0.5, 0.6) is 11.5 Å². The van der Waals surface area contributed by atoms with Crippen LogP contribution in [0.25, 0.3) is 0 Å². The number of hydrogen-bond acceptors (Lipinski definition) is 5. The number of likely N-dealkylation sites (tertiary alicyclic amines) is 1. The zero-order chi connectivity index (χ0) is 22.4. The maximum absolute atomic E-state index is 13.3. The van der Waals surface area contributed by atoms with Gasteiger partial charge in [-0.3, -0.25) is 9.59 Å². The number of rotatable bonds is 8. The Labute approximate surface area is 181 Å². The smallest absolute Gasteiger partial charge is 0.253 e. The van der Waals surface area contributed by atoms with Crippen molar-refractivity contribution in [2.24, 2.45) is 5.92 Å². The predicted octanol–water partition coefficient (Wildman–Crippen LogP) is 2.46. The van der Waals surface area contributed by atoms with Gasteiger partial charge in [-0.05, 0) is 30.3 Å².